The van der Waals surface area contributed by atoms with Crippen LogP contribution in [0.4, 0.5) is 0 Å². The maximum Gasteiger partial charge on any atom is 0.169 e. The summed E-state index contributed by atoms with van der Waals surface area (Å²) in [6.07, 6.45) is 4.46. The Morgan fingerprint density at radius 3 is 2.50 bits per heavy atom. The fraction of sp³-hybridized carbons (Fsp3) is 0.438. The smallest absolute Gasteiger partial charge is 0.169 e. The van der Waals surface area contributed by atoms with E-state index < -0.39 is 0 Å². The largest absolute Gasteiger partial charge is 0.490 e. The zero-order valence-corrected chi connectivity index (χ0v) is 12.0. The van der Waals surface area contributed by atoms with E-state index in [2.05, 4.69) is 0 Å². The lowest BCUT2D eigenvalue weighted by molar-refractivity contribution is 0.0942. The second-order valence-corrected chi connectivity index (χ2v) is 4.78. The third-order valence-electron chi connectivity index (χ3n) is 3.28. The molecular weight excluding hydrogens is 254 g/mol. The van der Waals surface area contributed by atoms with Gasteiger partial charge in [0.05, 0.1) is 13.2 Å². The molecule has 1 aromatic rings. The van der Waals surface area contributed by atoms with Crippen LogP contribution in [0.15, 0.2) is 30.4 Å². The van der Waals surface area contributed by atoms with Gasteiger partial charge in [-0.3, -0.25) is 4.79 Å². The van der Waals surface area contributed by atoms with Gasteiger partial charge in [0.15, 0.2) is 17.3 Å². The highest BCUT2D eigenvalue weighted by atomic mass is 16.5. The van der Waals surface area contributed by atoms with Crippen molar-refractivity contribution in [1.29, 1.82) is 0 Å². The van der Waals surface area contributed by atoms with E-state index in [9.17, 15) is 4.79 Å². The van der Waals surface area contributed by atoms with E-state index in [1.165, 1.54) is 0 Å². The van der Waals surface area contributed by atoms with E-state index in [0.717, 1.165) is 0 Å². The highest BCUT2D eigenvalue weighted by molar-refractivity contribution is 5.99. The number of Topliss-reactive ketones (excluding diaryl/α,β-unsaturated/α-hetero) is 1. The molecule has 1 aromatic carbocycles. The molecule has 1 aliphatic rings. The van der Waals surface area contributed by atoms with Crippen molar-refractivity contribution in [2.75, 3.05) is 13.2 Å². The molecule has 0 bridgehead atoms. The molecule has 2 atom stereocenters. The molecule has 2 N–H and O–H groups in total. The maximum atomic E-state index is 12.4. The second-order valence-electron chi connectivity index (χ2n) is 4.78. The minimum atomic E-state index is -0.127. The summed E-state index contributed by atoms with van der Waals surface area (Å²) in [7, 11) is 0. The summed E-state index contributed by atoms with van der Waals surface area (Å²) >= 11 is 0. The SMILES string of the molecule is CCOc1ccc(C(=O)C2C=CC(N)C2)cc1OCC. The van der Waals surface area contributed by atoms with Gasteiger partial charge < -0.3 is 15.2 Å². The Labute approximate surface area is 119 Å². The van der Waals surface area contributed by atoms with E-state index in [1.54, 1.807) is 18.2 Å². The van der Waals surface area contributed by atoms with Gasteiger partial charge in [0.25, 0.3) is 0 Å². The molecule has 0 radical (unpaired) electrons. The molecule has 0 fully saturated rings. The summed E-state index contributed by atoms with van der Waals surface area (Å²) < 4.78 is 11.0. The lowest BCUT2D eigenvalue weighted by atomic mass is 9.96. The summed E-state index contributed by atoms with van der Waals surface area (Å²) in [5, 5.41) is 0. The monoisotopic (exact) mass is 275 g/mol. The van der Waals surface area contributed by atoms with Gasteiger partial charge in [-0.15, -0.1) is 0 Å². The lowest BCUT2D eigenvalue weighted by Crippen LogP contribution is -2.19. The van der Waals surface area contributed by atoms with Crippen LogP contribution in [0.5, 0.6) is 11.5 Å². The van der Waals surface area contributed by atoms with Crippen LogP contribution in [0.3, 0.4) is 0 Å². The predicted octanol–water partition coefficient (Wildman–Crippen LogP) is 2.57. The van der Waals surface area contributed by atoms with E-state index in [4.69, 9.17) is 15.2 Å². The Morgan fingerprint density at radius 2 is 1.90 bits per heavy atom. The van der Waals surface area contributed by atoms with Gasteiger partial charge in [-0.25, -0.2) is 0 Å². The Balaban J connectivity index is 2.21. The van der Waals surface area contributed by atoms with Crippen molar-refractivity contribution in [2.24, 2.45) is 11.7 Å². The minimum Gasteiger partial charge on any atom is -0.490 e. The highest BCUT2D eigenvalue weighted by Crippen LogP contribution is 2.30. The average molecular weight is 275 g/mol. The third kappa shape index (κ3) is 3.20. The van der Waals surface area contributed by atoms with Crippen LogP contribution in [0, 0.1) is 5.92 Å². The van der Waals surface area contributed by atoms with Crippen molar-refractivity contribution in [1.82, 2.24) is 0 Å². The van der Waals surface area contributed by atoms with Crippen molar-refractivity contribution in [3.63, 3.8) is 0 Å². The minimum absolute atomic E-state index is 0.0157. The molecule has 0 amide bonds. The first-order valence-corrected chi connectivity index (χ1v) is 7.03. The molecule has 4 heteroatoms. The molecule has 0 saturated heterocycles. The number of carbonyl (C=O) groups excluding carboxylic acids is 1. The van der Waals surface area contributed by atoms with E-state index in [0.29, 0.717) is 36.7 Å². The third-order valence-corrected chi connectivity index (χ3v) is 3.28. The predicted molar refractivity (Wildman–Crippen MR) is 78.3 cm³/mol. The number of allylic oxidation sites excluding steroid dienone is 1. The number of ether oxygens (including phenoxy) is 2. The topological polar surface area (TPSA) is 61.5 Å². The molecule has 0 saturated carbocycles. The standard InChI is InChI=1S/C16H21NO3/c1-3-19-14-8-6-12(10-15(14)20-4-2)16(18)11-5-7-13(17)9-11/h5-8,10-11,13H,3-4,9,17H2,1-2H3. The van der Waals surface area contributed by atoms with Crippen LogP contribution < -0.4 is 15.2 Å². The number of rotatable bonds is 6. The first kappa shape index (κ1) is 14.6. The fourth-order valence-electron chi connectivity index (χ4n) is 2.34. The first-order chi connectivity index (χ1) is 9.65. The van der Waals surface area contributed by atoms with E-state index >= 15 is 0 Å². The number of ketones is 1. The highest BCUT2D eigenvalue weighted by Gasteiger charge is 2.24. The van der Waals surface area contributed by atoms with Gasteiger partial charge in [-0.05, 0) is 38.5 Å². The summed E-state index contributed by atoms with van der Waals surface area (Å²) in [6.45, 7) is 4.92. The van der Waals surface area contributed by atoms with Crippen LogP contribution in [-0.2, 0) is 0 Å². The molecule has 4 nitrogen and oxygen atoms in total. The van der Waals surface area contributed by atoms with Crippen LogP contribution >= 0.6 is 0 Å². The zero-order valence-electron chi connectivity index (χ0n) is 12.0. The molecule has 108 valence electrons. The molecule has 1 aliphatic carbocycles. The van der Waals surface area contributed by atoms with Crippen LogP contribution in [0.2, 0.25) is 0 Å². The van der Waals surface area contributed by atoms with Gasteiger partial charge in [0, 0.05) is 17.5 Å². The molecular formula is C16H21NO3. The van der Waals surface area contributed by atoms with Crippen molar-refractivity contribution < 1.29 is 14.3 Å². The van der Waals surface area contributed by atoms with Crippen LogP contribution in [-0.4, -0.2) is 25.0 Å². The average Bonchev–Trinajstić information content (AvgIpc) is 2.87. The Hall–Kier alpha value is -1.81. The number of nitrogens with two attached hydrogens (primary N) is 1. The summed E-state index contributed by atoms with van der Waals surface area (Å²) in [5.74, 6) is 1.24. The van der Waals surface area contributed by atoms with Crippen molar-refractivity contribution in [2.45, 2.75) is 26.3 Å². The lowest BCUT2D eigenvalue weighted by Gasteiger charge is -2.13. The zero-order chi connectivity index (χ0) is 14.5. The second kappa shape index (κ2) is 6.57. The van der Waals surface area contributed by atoms with Gasteiger partial charge in [0.1, 0.15) is 0 Å². The molecule has 0 heterocycles. The Morgan fingerprint density at radius 1 is 1.20 bits per heavy atom. The normalized spacial score (nSPS) is 20.9. The molecule has 2 unspecified atom stereocenters. The van der Waals surface area contributed by atoms with Crippen molar-refractivity contribution in [3.05, 3.63) is 35.9 Å². The number of hydrogen-bond acceptors (Lipinski definition) is 4. The van der Waals surface area contributed by atoms with Gasteiger partial charge in [0.2, 0.25) is 0 Å². The molecule has 2 rings (SSSR count). The maximum absolute atomic E-state index is 12.4. The first-order valence-electron chi connectivity index (χ1n) is 7.03. The number of carbonyl (C=O) groups is 1. The van der Waals surface area contributed by atoms with Gasteiger partial charge >= 0.3 is 0 Å². The van der Waals surface area contributed by atoms with Crippen molar-refractivity contribution in [3.8, 4) is 11.5 Å². The van der Waals surface area contributed by atoms with Crippen LogP contribution in [0.1, 0.15) is 30.6 Å². The molecule has 0 spiro atoms. The van der Waals surface area contributed by atoms with Crippen molar-refractivity contribution >= 4 is 5.78 Å². The summed E-state index contributed by atoms with van der Waals surface area (Å²) in [6, 6.07) is 5.32. The summed E-state index contributed by atoms with van der Waals surface area (Å²) in [4.78, 5) is 12.4. The molecule has 0 aliphatic heterocycles. The van der Waals surface area contributed by atoms with Crippen LogP contribution in [0.25, 0.3) is 0 Å². The number of benzene rings is 1. The van der Waals surface area contributed by atoms with E-state index in [-0.39, 0.29) is 17.7 Å². The Bertz CT molecular complexity index is 510. The van der Waals surface area contributed by atoms with E-state index in [1.807, 2.05) is 26.0 Å². The number of hydrogen-bond donors (Lipinski definition) is 1. The summed E-state index contributed by atoms with van der Waals surface area (Å²) in [5.41, 5.74) is 6.44. The van der Waals surface area contributed by atoms with Gasteiger partial charge in [-0.2, -0.15) is 0 Å². The van der Waals surface area contributed by atoms with Gasteiger partial charge in [-0.1, -0.05) is 12.2 Å². The molecule has 20 heavy (non-hydrogen) atoms. The Kier molecular flexibility index (Phi) is 4.79. The quantitative estimate of drug-likeness (QED) is 0.640. The molecule has 0 aromatic heterocycles. The fourth-order valence-corrected chi connectivity index (χ4v) is 2.34.